The second-order valence-electron chi connectivity index (χ2n) is 8.63. The molecule has 2 atom stereocenters. The van der Waals surface area contributed by atoms with Gasteiger partial charge in [0.1, 0.15) is 18.0 Å². The predicted octanol–water partition coefficient (Wildman–Crippen LogP) is 3.56. The number of rotatable bonds is 5. The Morgan fingerprint density at radius 1 is 1.25 bits per heavy atom. The molecular formula is C22H33ClN2O3. The van der Waals surface area contributed by atoms with Crippen LogP contribution in [0.2, 0.25) is 5.02 Å². The predicted molar refractivity (Wildman–Crippen MR) is 112 cm³/mol. The molecule has 6 heteroatoms. The fourth-order valence-electron chi connectivity index (χ4n) is 4.42. The van der Waals surface area contributed by atoms with E-state index < -0.39 is 5.60 Å². The largest absolute Gasteiger partial charge is 0.491 e. The van der Waals surface area contributed by atoms with E-state index >= 15 is 0 Å². The van der Waals surface area contributed by atoms with E-state index in [2.05, 4.69) is 11.8 Å². The van der Waals surface area contributed by atoms with Crippen molar-refractivity contribution in [1.29, 1.82) is 0 Å². The molecule has 156 valence electrons. The van der Waals surface area contributed by atoms with Gasteiger partial charge in [-0.1, -0.05) is 11.6 Å². The number of carbonyl (C=O) groups is 1. The van der Waals surface area contributed by atoms with Crippen molar-refractivity contribution in [3.8, 4) is 5.75 Å². The number of piperidine rings is 2. The van der Waals surface area contributed by atoms with Gasteiger partial charge in [0.15, 0.2) is 0 Å². The highest BCUT2D eigenvalue weighted by Gasteiger charge is 2.36. The highest BCUT2D eigenvalue weighted by atomic mass is 35.5. The molecule has 2 saturated heterocycles. The lowest BCUT2D eigenvalue weighted by molar-refractivity contribution is -0.138. The molecule has 1 amide bonds. The fraction of sp³-hybridized carbons (Fsp3) is 0.682. The molecule has 2 aliphatic rings. The Bertz CT molecular complexity index is 688. The van der Waals surface area contributed by atoms with E-state index in [4.69, 9.17) is 16.3 Å². The Morgan fingerprint density at radius 2 is 1.96 bits per heavy atom. The van der Waals surface area contributed by atoms with Crippen molar-refractivity contribution < 1.29 is 14.6 Å². The monoisotopic (exact) mass is 408 g/mol. The van der Waals surface area contributed by atoms with Crippen molar-refractivity contribution in [2.24, 2.45) is 0 Å². The summed E-state index contributed by atoms with van der Waals surface area (Å²) in [5, 5.41) is 11.8. The number of likely N-dealkylation sites (tertiary alicyclic amines) is 2. The number of aliphatic hydroxyl groups is 1. The van der Waals surface area contributed by atoms with Gasteiger partial charge in [-0.25, -0.2) is 0 Å². The van der Waals surface area contributed by atoms with E-state index in [1.54, 1.807) is 0 Å². The highest BCUT2D eigenvalue weighted by molar-refractivity contribution is 6.32. The molecule has 1 N–H and O–H groups in total. The number of benzene rings is 1. The zero-order valence-corrected chi connectivity index (χ0v) is 18.1. The lowest BCUT2D eigenvalue weighted by Gasteiger charge is -2.40. The van der Waals surface area contributed by atoms with Crippen LogP contribution < -0.4 is 4.74 Å². The number of halogens is 1. The zero-order chi connectivity index (χ0) is 20.3. The minimum atomic E-state index is -0.937. The average molecular weight is 409 g/mol. The summed E-state index contributed by atoms with van der Waals surface area (Å²) in [6.45, 7) is 8.80. The molecule has 2 aliphatic heterocycles. The molecule has 0 radical (unpaired) electrons. The second kappa shape index (κ2) is 9.02. The number of ether oxygens (including phenoxy) is 1. The van der Waals surface area contributed by atoms with Crippen LogP contribution in [0.3, 0.4) is 0 Å². The van der Waals surface area contributed by atoms with Crippen LogP contribution >= 0.6 is 11.6 Å². The molecule has 0 aliphatic carbocycles. The van der Waals surface area contributed by atoms with Gasteiger partial charge in [-0.15, -0.1) is 0 Å². The second-order valence-corrected chi connectivity index (χ2v) is 9.01. The summed E-state index contributed by atoms with van der Waals surface area (Å²) in [5.41, 5.74) is 0.998. The Kier molecular flexibility index (Phi) is 6.89. The van der Waals surface area contributed by atoms with Crippen LogP contribution in [0.1, 0.15) is 50.2 Å². The fourth-order valence-corrected chi connectivity index (χ4v) is 4.53. The number of nitrogens with zero attached hydrogens (tertiary/aromatic N) is 2. The molecule has 0 bridgehead atoms. The smallest absolute Gasteiger partial charge is 0.236 e. The van der Waals surface area contributed by atoms with Crippen molar-refractivity contribution in [3.63, 3.8) is 0 Å². The van der Waals surface area contributed by atoms with Crippen LogP contribution in [0.15, 0.2) is 12.1 Å². The maximum atomic E-state index is 12.7. The van der Waals surface area contributed by atoms with Gasteiger partial charge in [0.2, 0.25) is 5.91 Å². The van der Waals surface area contributed by atoms with Crippen LogP contribution in [-0.2, 0) is 4.79 Å². The average Bonchev–Trinajstić information content (AvgIpc) is 2.65. The lowest BCUT2D eigenvalue weighted by Crippen LogP contribution is -2.55. The van der Waals surface area contributed by atoms with Gasteiger partial charge in [-0.05, 0) is 82.7 Å². The van der Waals surface area contributed by atoms with E-state index in [0.717, 1.165) is 54.3 Å². The van der Waals surface area contributed by atoms with Gasteiger partial charge in [-0.3, -0.25) is 9.69 Å². The summed E-state index contributed by atoms with van der Waals surface area (Å²) in [5.74, 6) is 0.907. The normalized spacial score (nSPS) is 26.3. The molecule has 1 aromatic carbocycles. The summed E-state index contributed by atoms with van der Waals surface area (Å²) in [4.78, 5) is 16.8. The molecule has 28 heavy (non-hydrogen) atoms. The molecular weight excluding hydrogens is 376 g/mol. The number of β-amino-alcohol motifs (C(OH)–C–C–N with tert-alkyl or cyclic N) is 1. The van der Waals surface area contributed by atoms with Crippen molar-refractivity contribution in [2.75, 3.05) is 32.8 Å². The van der Waals surface area contributed by atoms with Crippen LogP contribution in [0.4, 0.5) is 0 Å². The van der Waals surface area contributed by atoms with Crippen LogP contribution in [0, 0.1) is 13.8 Å². The summed E-state index contributed by atoms with van der Waals surface area (Å²) >= 11 is 6.22. The third-order valence-corrected chi connectivity index (χ3v) is 6.63. The maximum Gasteiger partial charge on any atom is 0.236 e. The Balaban J connectivity index is 1.56. The van der Waals surface area contributed by atoms with E-state index in [-0.39, 0.29) is 12.5 Å². The minimum absolute atomic E-state index is 0.182. The molecule has 2 heterocycles. The lowest BCUT2D eigenvalue weighted by atomic mass is 9.93. The zero-order valence-electron chi connectivity index (χ0n) is 17.3. The third-order valence-electron chi connectivity index (χ3n) is 6.03. The van der Waals surface area contributed by atoms with Crippen molar-refractivity contribution in [3.05, 3.63) is 28.3 Å². The first kappa shape index (κ1) is 21.4. The number of hydrogen-bond donors (Lipinski definition) is 1. The van der Waals surface area contributed by atoms with Crippen molar-refractivity contribution >= 4 is 17.5 Å². The summed E-state index contributed by atoms with van der Waals surface area (Å²) in [7, 11) is 0. The summed E-state index contributed by atoms with van der Waals surface area (Å²) < 4.78 is 5.92. The van der Waals surface area contributed by atoms with E-state index in [9.17, 15) is 9.90 Å². The summed E-state index contributed by atoms with van der Waals surface area (Å²) in [6, 6.07) is 4.13. The molecule has 0 aromatic heterocycles. The SMILES string of the molecule is Cc1cc(OCC2(O)CCCN(CC(=O)N3CCCCC3C)C2)cc(C)c1Cl. The maximum absolute atomic E-state index is 12.7. The Morgan fingerprint density at radius 3 is 2.64 bits per heavy atom. The van der Waals surface area contributed by atoms with Gasteiger partial charge >= 0.3 is 0 Å². The molecule has 3 rings (SSSR count). The molecule has 0 saturated carbocycles. The van der Waals surface area contributed by atoms with Gasteiger partial charge in [0.25, 0.3) is 0 Å². The van der Waals surface area contributed by atoms with E-state index in [1.165, 1.54) is 6.42 Å². The van der Waals surface area contributed by atoms with Gasteiger partial charge in [-0.2, -0.15) is 0 Å². The Labute approximate surface area is 173 Å². The highest BCUT2D eigenvalue weighted by Crippen LogP contribution is 2.28. The van der Waals surface area contributed by atoms with E-state index in [1.807, 2.05) is 30.9 Å². The van der Waals surface area contributed by atoms with Gasteiger partial charge in [0.05, 0.1) is 6.54 Å². The van der Waals surface area contributed by atoms with Crippen molar-refractivity contribution in [2.45, 2.75) is 64.5 Å². The van der Waals surface area contributed by atoms with Crippen LogP contribution in [-0.4, -0.2) is 65.2 Å². The standard InChI is InChI=1S/C22H33ClN2O3/c1-16-11-19(12-17(2)21(16)23)28-15-22(27)8-6-9-24(14-22)13-20(26)25-10-5-4-7-18(25)3/h11-12,18,27H,4-10,13-15H2,1-3H3. The first-order chi connectivity index (χ1) is 13.3. The van der Waals surface area contributed by atoms with Gasteiger partial charge in [0, 0.05) is 24.2 Å². The Hall–Kier alpha value is -1.30. The third kappa shape index (κ3) is 5.19. The quantitative estimate of drug-likeness (QED) is 0.809. The number of carbonyl (C=O) groups excluding carboxylic acids is 1. The van der Waals surface area contributed by atoms with Crippen LogP contribution in [0.5, 0.6) is 5.75 Å². The van der Waals surface area contributed by atoms with Gasteiger partial charge < -0.3 is 14.7 Å². The topological polar surface area (TPSA) is 53.0 Å². The first-order valence-electron chi connectivity index (χ1n) is 10.4. The molecule has 0 spiro atoms. The molecule has 5 nitrogen and oxygen atoms in total. The van der Waals surface area contributed by atoms with E-state index in [0.29, 0.717) is 25.6 Å². The summed E-state index contributed by atoms with van der Waals surface area (Å²) in [6.07, 6.45) is 4.93. The van der Waals surface area contributed by atoms with Crippen molar-refractivity contribution in [1.82, 2.24) is 9.80 Å². The molecule has 2 fully saturated rings. The number of amides is 1. The molecule has 2 unspecified atom stereocenters. The first-order valence-corrected chi connectivity index (χ1v) is 10.8. The number of hydrogen-bond acceptors (Lipinski definition) is 4. The minimum Gasteiger partial charge on any atom is -0.491 e. The number of aryl methyl sites for hydroxylation is 2. The van der Waals surface area contributed by atoms with Crippen LogP contribution in [0.25, 0.3) is 0 Å². The molecule has 1 aromatic rings.